The maximum absolute atomic E-state index is 11.5. The Morgan fingerprint density at radius 1 is 1.26 bits per heavy atom. The van der Waals surface area contributed by atoms with Gasteiger partial charge in [-0.3, -0.25) is 4.79 Å². The molecule has 2 fully saturated rings. The molecule has 1 heterocycles. The van der Waals surface area contributed by atoms with Crippen LogP contribution in [0.3, 0.4) is 0 Å². The summed E-state index contributed by atoms with van der Waals surface area (Å²) in [5, 5.41) is 13.4. The first-order chi connectivity index (χ1) is 8.86. The van der Waals surface area contributed by atoms with Gasteiger partial charge in [0.2, 0.25) is 0 Å². The molecule has 7 nitrogen and oxygen atoms in total. The van der Waals surface area contributed by atoms with Crippen LogP contribution < -0.4 is 10.6 Å². The van der Waals surface area contributed by atoms with Crippen LogP contribution in [0.4, 0.5) is 4.79 Å². The summed E-state index contributed by atoms with van der Waals surface area (Å²) in [5.74, 6) is -0.713. The minimum atomic E-state index is -3.06. The Balaban J connectivity index is 1.72. The Kier molecular flexibility index (Phi) is 3.71. The fourth-order valence-electron chi connectivity index (χ4n) is 2.22. The average molecular weight is 290 g/mol. The predicted octanol–water partition coefficient (Wildman–Crippen LogP) is -0.272. The van der Waals surface area contributed by atoms with Gasteiger partial charge in [0.15, 0.2) is 9.84 Å². The number of carbonyl (C=O) groups excluding carboxylic acids is 1. The van der Waals surface area contributed by atoms with Gasteiger partial charge in [-0.25, -0.2) is 13.2 Å². The third kappa shape index (κ3) is 3.17. The molecule has 2 aliphatic rings. The molecule has 0 spiro atoms. The first-order valence-electron chi connectivity index (χ1n) is 6.32. The lowest BCUT2D eigenvalue weighted by Gasteiger charge is -2.14. The van der Waals surface area contributed by atoms with Gasteiger partial charge >= 0.3 is 12.0 Å². The Morgan fingerprint density at radius 2 is 1.95 bits per heavy atom. The van der Waals surface area contributed by atoms with Crippen molar-refractivity contribution in [3.05, 3.63) is 0 Å². The number of carbonyl (C=O) groups is 2. The highest BCUT2D eigenvalue weighted by atomic mass is 32.2. The molecular weight excluding hydrogens is 272 g/mol. The second kappa shape index (κ2) is 4.99. The van der Waals surface area contributed by atoms with Crippen molar-refractivity contribution in [2.24, 2.45) is 5.41 Å². The third-order valence-electron chi connectivity index (χ3n) is 3.85. The molecule has 19 heavy (non-hydrogen) atoms. The quantitative estimate of drug-likeness (QED) is 0.645. The number of carboxylic acids is 1. The molecule has 8 heteroatoms. The summed E-state index contributed by atoms with van der Waals surface area (Å²) in [7, 11) is -3.06. The van der Waals surface area contributed by atoms with Crippen LogP contribution in [0.2, 0.25) is 0 Å². The van der Waals surface area contributed by atoms with Crippen LogP contribution in [-0.2, 0) is 14.6 Å². The molecule has 1 aliphatic heterocycles. The summed E-state index contributed by atoms with van der Waals surface area (Å²) in [6, 6.07) is -0.505. The Morgan fingerprint density at radius 3 is 2.42 bits per heavy atom. The van der Waals surface area contributed by atoms with E-state index in [1.54, 1.807) is 0 Å². The van der Waals surface area contributed by atoms with E-state index in [0.717, 1.165) is 0 Å². The van der Waals surface area contributed by atoms with E-state index in [4.69, 9.17) is 5.11 Å². The summed E-state index contributed by atoms with van der Waals surface area (Å²) >= 11 is 0. The lowest BCUT2D eigenvalue weighted by molar-refractivity contribution is -0.143. The molecule has 0 radical (unpaired) electrons. The van der Waals surface area contributed by atoms with Gasteiger partial charge in [0.25, 0.3) is 0 Å². The number of amides is 2. The molecule has 0 aromatic carbocycles. The molecule has 1 unspecified atom stereocenters. The molecule has 0 aromatic heterocycles. The molecule has 1 aliphatic carbocycles. The molecule has 1 saturated carbocycles. The maximum Gasteiger partial charge on any atom is 0.314 e. The summed E-state index contributed by atoms with van der Waals surface area (Å²) < 4.78 is 23.1. The van der Waals surface area contributed by atoms with E-state index in [-0.39, 0.29) is 18.8 Å². The standard InChI is InChI=1S/C11H18N2O5S/c14-9(15)11(3-4-11)7-13-10(16)12-6-8-2-1-5-19(8,17)18/h8H,1-7H2,(H,14,15)(H2,12,13,16). The van der Waals surface area contributed by atoms with Crippen molar-refractivity contribution >= 4 is 21.8 Å². The van der Waals surface area contributed by atoms with Crippen molar-refractivity contribution < 1.29 is 23.1 Å². The maximum atomic E-state index is 11.5. The van der Waals surface area contributed by atoms with Crippen molar-refractivity contribution in [1.82, 2.24) is 10.6 Å². The van der Waals surface area contributed by atoms with Crippen molar-refractivity contribution in [3.63, 3.8) is 0 Å². The first kappa shape index (κ1) is 14.1. The van der Waals surface area contributed by atoms with Gasteiger partial charge in [-0.15, -0.1) is 0 Å². The zero-order valence-electron chi connectivity index (χ0n) is 10.5. The van der Waals surface area contributed by atoms with Crippen LogP contribution in [0.1, 0.15) is 25.7 Å². The lowest BCUT2D eigenvalue weighted by Crippen LogP contribution is -2.43. The second-order valence-electron chi connectivity index (χ2n) is 5.28. The second-order valence-corrected chi connectivity index (χ2v) is 7.68. The van der Waals surface area contributed by atoms with E-state index in [2.05, 4.69) is 10.6 Å². The fourth-order valence-corrected chi connectivity index (χ4v) is 3.99. The smallest absolute Gasteiger partial charge is 0.314 e. The Labute approximate surface area is 111 Å². The topological polar surface area (TPSA) is 113 Å². The zero-order valence-corrected chi connectivity index (χ0v) is 11.3. The van der Waals surface area contributed by atoms with Gasteiger partial charge in [0, 0.05) is 13.1 Å². The van der Waals surface area contributed by atoms with E-state index in [1.165, 1.54) is 0 Å². The summed E-state index contributed by atoms with van der Waals surface area (Å²) in [6.07, 6.45) is 2.35. The molecule has 2 rings (SSSR count). The number of urea groups is 1. The van der Waals surface area contributed by atoms with E-state index in [9.17, 15) is 18.0 Å². The van der Waals surface area contributed by atoms with E-state index in [1.807, 2.05) is 0 Å². The Bertz CT molecular complexity index is 483. The normalized spacial score (nSPS) is 26.6. The van der Waals surface area contributed by atoms with Crippen molar-refractivity contribution in [2.45, 2.75) is 30.9 Å². The van der Waals surface area contributed by atoms with Gasteiger partial charge in [-0.05, 0) is 25.7 Å². The molecule has 2 amide bonds. The van der Waals surface area contributed by atoms with Crippen molar-refractivity contribution in [1.29, 1.82) is 0 Å². The van der Waals surface area contributed by atoms with Crippen LogP contribution in [0.25, 0.3) is 0 Å². The van der Waals surface area contributed by atoms with Crippen LogP contribution in [0.15, 0.2) is 0 Å². The molecule has 108 valence electrons. The van der Waals surface area contributed by atoms with Crippen molar-refractivity contribution in [3.8, 4) is 0 Å². The first-order valence-corrected chi connectivity index (χ1v) is 8.04. The predicted molar refractivity (Wildman–Crippen MR) is 67.5 cm³/mol. The van der Waals surface area contributed by atoms with Crippen LogP contribution in [0, 0.1) is 5.41 Å². The van der Waals surface area contributed by atoms with Gasteiger partial charge in [0.1, 0.15) is 0 Å². The molecule has 0 bridgehead atoms. The fraction of sp³-hybridized carbons (Fsp3) is 0.818. The summed E-state index contributed by atoms with van der Waals surface area (Å²) in [6.45, 7) is 0.180. The van der Waals surface area contributed by atoms with Crippen LogP contribution in [-0.4, -0.2) is 49.6 Å². The molecular formula is C11H18N2O5S. The van der Waals surface area contributed by atoms with Gasteiger partial charge in [-0.1, -0.05) is 0 Å². The van der Waals surface area contributed by atoms with Crippen LogP contribution >= 0.6 is 0 Å². The summed E-state index contributed by atoms with van der Waals surface area (Å²) in [5.41, 5.74) is -0.809. The van der Waals surface area contributed by atoms with Crippen LogP contribution in [0.5, 0.6) is 0 Å². The highest BCUT2D eigenvalue weighted by Crippen LogP contribution is 2.45. The zero-order chi connectivity index (χ0) is 14.1. The molecule has 3 N–H and O–H groups in total. The average Bonchev–Trinajstić information content (AvgIpc) is 3.05. The number of aliphatic carboxylic acids is 1. The highest BCUT2D eigenvalue weighted by molar-refractivity contribution is 7.92. The molecule has 1 atom stereocenters. The van der Waals surface area contributed by atoms with E-state index >= 15 is 0 Å². The van der Waals surface area contributed by atoms with Gasteiger partial charge in [0.05, 0.1) is 16.4 Å². The minimum absolute atomic E-state index is 0.0889. The number of hydrogen-bond acceptors (Lipinski definition) is 4. The van der Waals surface area contributed by atoms with Gasteiger partial charge < -0.3 is 15.7 Å². The van der Waals surface area contributed by atoms with Gasteiger partial charge in [-0.2, -0.15) is 0 Å². The molecule has 1 saturated heterocycles. The number of hydrogen-bond donors (Lipinski definition) is 3. The largest absolute Gasteiger partial charge is 0.481 e. The van der Waals surface area contributed by atoms with E-state index < -0.39 is 32.5 Å². The Hall–Kier alpha value is -1.31. The number of carboxylic acid groups (broad SMARTS) is 1. The summed E-state index contributed by atoms with van der Waals surface area (Å²) in [4.78, 5) is 22.4. The number of rotatable bonds is 5. The molecule has 0 aromatic rings. The monoisotopic (exact) mass is 290 g/mol. The lowest BCUT2D eigenvalue weighted by atomic mass is 10.1. The highest BCUT2D eigenvalue weighted by Gasteiger charge is 2.50. The number of nitrogens with one attached hydrogen (secondary N) is 2. The van der Waals surface area contributed by atoms with Crippen molar-refractivity contribution in [2.75, 3.05) is 18.8 Å². The minimum Gasteiger partial charge on any atom is -0.481 e. The number of sulfone groups is 1. The third-order valence-corrected chi connectivity index (χ3v) is 6.12. The SMILES string of the molecule is O=C(NCC1CCCS1(=O)=O)NCC1(C(=O)O)CC1. The van der Waals surface area contributed by atoms with E-state index in [0.29, 0.717) is 25.7 Å².